The van der Waals surface area contributed by atoms with Crippen molar-refractivity contribution < 1.29 is 9.59 Å². The van der Waals surface area contributed by atoms with Crippen molar-refractivity contribution in [2.45, 2.75) is 38.1 Å². The highest BCUT2D eigenvalue weighted by Gasteiger charge is 2.40. The minimum Gasteiger partial charge on any atom is -0.367 e. The Labute approximate surface area is 159 Å². The van der Waals surface area contributed by atoms with Crippen LogP contribution in [0.4, 0.5) is 5.69 Å². The summed E-state index contributed by atoms with van der Waals surface area (Å²) in [6.07, 6.45) is 5.00. The molecule has 140 valence electrons. The van der Waals surface area contributed by atoms with E-state index in [0.717, 1.165) is 36.6 Å². The van der Waals surface area contributed by atoms with Gasteiger partial charge < -0.3 is 14.7 Å². The molecule has 1 aliphatic carbocycles. The van der Waals surface area contributed by atoms with Gasteiger partial charge in [0.15, 0.2) is 0 Å². The van der Waals surface area contributed by atoms with Crippen molar-refractivity contribution in [1.82, 2.24) is 9.80 Å². The lowest BCUT2D eigenvalue weighted by Gasteiger charge is -2.37. The van der Waals surface area contributed by atoms with E-state index in [2.05, 4.69) is 4.90 Å². The van der Waals surface area contributed by atoms with Gasteiger partial charge in [0.05, 0.1) is 16.6 Å². The van der Waals surface area contributed by atoms with Gasteiger partial charge in [-0.3, -0.25) is 9.59 Å². The van der Waals surface area contributed by atoms with Crippen molar-refractivity contribution in [2.24, 2.45) is 5.92 Å². The van der Waals surface area contributed by atoms with Crippen LogP contribution in [0.1, 0.15) is 32.1 Å². The number of para-hydroxylation sites is 1. The van der Waals surface area contributed by atoms with E-state index in [1.54, 1.807) is 0 Å². The van der Waals surface area contributed by atoms with Crippen LogP contribution < -0.4 is 4.90 Å². The lowest BCUT2D eigenvalue weighted by Crippen LogP contribution is -2.50. The molecule has 3 fully saturated rings. The van der Waals surface area contributed by atoms with Crippen LogP contribution in [0.25, 0.3) is 0 Å². The quantitative estimate of drug-likeness (QED) is 0.816. The molecule has 4 rings (SSSR count). The Morgan fingerprint density at radius 3 is 2.42 bits per heavy atom. The third-order valence-corrected chi connectivity index (χ3v) is 6.38. The Morgan fingerprint density at radius 1 is 1.04 bits per heavy atom. The van der Waals surface area contributed by atoms with Crippen molar-refractivity contribution in [3.8, 4) is 0 Å². The Balaban J connectivity index is 1.34. The van der Waals surface area contributed by atoms with E-state index in [9.17, 15) is 9.59 Å². The van der Waals surface area contributed by atoms with Gasteiger partial charge in [-0.15, -0.1) is 0 Å². The lowest BCUT2D eigenvalue weighted by molar-refractivity contribution is -0.136. The number of piperazine rings is 1. The number of anilines is 1. The minimum atomic E-state index is -0.157. The summed E-state index contributed by atoms with van der Waals surface area (Å²) in [5.74, 6) is 0.164. The normalized spacial score (nSPS) is 24.6. The van der Waals surface area contributed by atoms with E-state index in [1.165, 1.54) is 12.8 Å². The van der Waals surface area contributed by atoms with Gasteiger partial charge in [-0.1, -0.05) is 36.6 Å². The van der Waals surface area contributed by atoms with E-state index in [4.69, 9.17) is 11.6 Å². The molecule has 0 unspecified atom stereocenters. The first kappa shape index (κ1) is 17.7. The first-order valence-electron chi connectivity index (χ1n) is 9.71. The number of rotatable bonds is 3. The molecule has 0 N–H and O–H groups in total. The maximum absolute atomic E-state index is 12.9. The van der Waals surface area contributed by atoms with Crippen molar-refractivity contribution in [3.63, 3.8) is 0 Å². The van der Waals surface area contributed by atoms with Crippen molar-refractivity contribution in [1.29, 1.82) is 0 Å². The average Bonchev–Trinajstić information content (AvgIpc) is 3.31. The molecular formula is C20H26ClN3O2. The second-order valence-electron chi connectivity index (χ2n) is 7.65. The molecule has 0 radical (unpaired) electrons. The van der Waals surface area contributed by atoms with Gasteiger partial charge in [0, 0.05) is 45.2 Å². The maximum Gasteiger partial charge on any atom is 0.228 e. The second-order valence-corrected chi connectivity index (χ2v) is 8.06. The number of benzene rings is 1. The number of carbonyl (C=O) groups is 2. The standard InChI is InChI=1S/C20H26ClN3O2/c21-17-7-3-4-8-18(17)22-9-11-23(12-10-22)20(26)15-13-19(25)24(14-15)16-5-1-2-6-16/h3-4,7-8,15-16H,1-2,5-6,9-14H2/t15-/m0/s1. The zero-order chi connectivity index (χ0) is 18.1. The highest BCUT2D eigenvalue weighted by molar-refractivity contribution is 6.33. The molecule has 2 heterocycles. The Kier molecular flexibility index (Phi) is 5.07. The van der Waals surface area contributed by atoms with Gasteiger partial charge in [0.25, 0.3) is 0 Å². The minimum absolute atomic E-state index is 0.151. The van der Waals surface area contributed by atoms with Crippen LogP contribution in [0.3, 0.4) is 0 Å². The molecule has 6 heteroatoms. The summed E-state index contributed by atoms with van der Waals surface area (Å²) < 4.78 is 0. The summed E-state index contributed by atoms with van der Waals surface area (Å²) in [6.45, 7) is 3.56. The summed E-state index contributed by atoms with van der Waals surface area (Å²) in [6, 6.07) is 8.21. The average molecular weight is 376 g/mol. The molecule has 2 saturated heterocycles. The van der Waals surface area contributed by atoms with Crippen LogP contribution in [0.2, 0.25) is 5.02 Å². The van der Waals surface area contributed by atoms with Crippen LogP contribution in [0, 0.1) is 5.92 Å². The number of likely N-dealkylation sites (tertiary alicyclic amines) is 1. The highest BCUT2D eigenvalue weighted by Crippen LogP contribution is 2.31. The molecule has 1 aromatic carbocycles. The summed E-state index contributed by atoms with van der Waals surface area (Å²) in [5.41, 5.74) is 1.03. The Morgan fingerprint density at radius 2 is 1.73 bits per heavy atom. The molecular weight excluding hydrogens is 350 g/mol. The fourth-order valence-corrected chi connectivity index (χ4v) is 4.86. The molecule has 5 nitrogen and oxygen atoms in total. The number of hydrogen-bond donors (Lipinski definition) is 0. The lowest BCUT2D eigenvalue weighted by atomic mass is 10.1. The summed E-state index contributed by atoms with van der Waals surface area (Å²) >= 11 is 6.29. The second kappa shape index (κ2) is 7.47. The molecule has 1 atom stereocenters. The molecule has 26 heavy (non-hydrogen) atoms. The molecule has 2 amide bonds. The van der Waals surface area contributed by atoms with E-state index in [1.807, 2.05) is 34.1 Å². The van der Waals surface area contributed by atoms with Crippen molar-refractivity contribution >= 4 is 29.1 Å². The van der Waals surface area contributed by atoms with E-state index in [-0.39, 0.29) is 17.7 Å². The van der Waals surface area contributed by atoms with E-state index >= 15 is 0 Å². The summed E-state index contributed by atoms with van der Waals surface area (Å²) in [7, 11) is 0. The SMILES string of the molecule is O=C([C@H]1CC(=O)N(C2CCCC2)C1)N1CCN(c2ccccc2Cl)CC1. The van der Waals surface area contributed by atoms with Crippen molar-refractivity contribution in [2.75, 3.05) is 37.6 Å². The van der Waals surface area contributed by atoms with Gasteiger partial charge >= 0.3 is 0 Å². The molecule has 0 aromatic heterocycles. The molecule has 0 spiro atoms. The number of carbonyl (C=O) groups excluding carboxylic acids is 2. The van der Waals surface area contributed by atoms with Gasteiger partial charge in [-0.05, 0) is 25.0 Å². The predicted molar refractivity (Wildman–Crippen MR) is 102 cm³/mol. The van der Waals surface area contributed by atoms with Crippen LogP contribution in [0.5, 0.6) is 0 Å². The third kappa shape index (κ3) is 3.41. The first-order chi connectivity index (χ1) is 12.6. The van der Waals surface area contributed by atoms with Crippen LogP contribution >= 0.6 is 11.6 Å². The summed E-state index contributed by atoms with van der Waals surface area (Å²) in [5, 5.41) is 0.751. The smallest absolute Gasteiger partial charge is 0.228 e. The number of halogens is 1. The maximum atomic E-state index is 12.9. The third-order valence-electron chi connectivity index (χ3n) is 6.06. The van der Waals surface area contributed by atoms with Crippen LogP contribution in [-0.4, -0.2) is 60.4 Å². The van der Waals surface area contributed by atoms with Crippen molar-refractivity contribution in [3.05, 3.63) is 29.3 Å². The Bertz CT molecular complexity index is 681. The summed E-state index contributed by atoms with van der Waals surface area (Å²) in [4.78, 5) is 31.4. The van der Waals surface area contributed by atoms with Crippen LogP contribution in [-0.2, 0) is 9.59 Å². The van der Waals surface area contributed by atoms with Gasteiger partial charge in [0.2, 0.25) is 11.8 Å². The van der Waals surface area contributed by atoms with E-state index in [0.29, 0.717) is 32.1 Å². The fraction of sp³-hybridized carbons (Fsp3) is 0.600. The molecule has 1 saturated carbocycles. The number of hydrogen-bond acceptors (Lipinski definition) is 3. The topological polar surface area (TPSA) is 43.9 Å². The molecule has 3 aliphatic rings. The number of amides is 2. The van der Waals surface area contributed by atoms with Crippen LogP contribution in [0.15, 0.2) is 24.3 Å². The zero-order valence-electron chi connectivity index (χ0n) is 15.1. The fourth-order valence-electron chi connectivity index (χ4n) is 4.60. The molecule has 2 aliphatic heterocycles. The van der Waals surface area contributed by atoms with E-state index < -0.39 is 0 Å². The van der Waals surface area contributed by atoms with Gasteiger partial charge in [0.1, 0.15) is 0 Å². The Hall–Kier alpha value is -1.75. The molecule has 0 bridgehead atoms. The zero-order valence-corrected chi connectivity index (χ0v) is 15.8. The van der Waals surface area contributed by atoms with Gasteiger partial charge in [-0.2, -0.15) is 0 Å². The largest absolute Gasteiger partial charge is 0.367 e. The van der Waals surface area contributed by atoms with Gasteiger partial charge in [-0.25, -0.2) is 0 Å². The monoisotopic (exact) mass is 375 g/mol. The number of nitrogens with zero attached hydrogens (tertiary/aromatic N) is 3. The highest BCUT2D eigenvalue weighted by atomic mass is 35.5. The predicted octanol–water partition coefficient (Wildman–Crippen LogP) is 2.78. The molecule has 1 aromatic rings. The first-order valence-corrected chi connectivity index (χ1v) is 10.1.